The molecule has 2 rings (SSSR count). The molecule has 0 atom stereocenters. The highest BCUT2D eigenvalue weighted by molar-refractivity contribution is 6.06. The van der Waals surface area contributed by atoms with Crippen LogP contribution in [0.1, 0.15) is 29.8 Å². The number of phenols is 1. The summed E-state index contributed by atoms with van der Waals surface area (Å²) >= 11 is 0. The zero-order valence-electron chi connectivity index (χ0n) is 15.5. The lowest BCUT2D eigenvalue weighted by Gasteiger charge is -2.09. The third-order valence-electron chi connectivity index (χ3n) is 3.65. The lowest BCUT2D eigenvalue weighted by molar-refractivity contribution is 0.104. The van der Waals surface area contributed by atoms with Gasteiger partial charge >= 0.3 is 0 Å². The molecular formula is C21H24O5. The Morgan fingerprint density at radius 3 is 2.15 bits per heavy atom. The summed E-state index contributed by atoms with van der Waals surface area (Å²) in [6.45, 7) is 4.80. The van der Waals surface area contributed by atoms with Gasteiger partial charge in [-0.1, -0.05) is 19.9 Å². The van der Waals surface area contributed by atoms with Crippen LogP contribution >= 0.6 is 0 Å². The summed E-state index contributed by atoms with van der Waals surface area (Å²) in [5, 5.41) is 9.92. The van der Waals surface area contributed by atoms with Gasteiger partial charge in [-0.3, -0.25) is 4.79 Å². The second-order valence-corrected chi connectivity index (χ2v) is 6.20. The molecule has 0 aliphatic carbocycles. The van der Waals surface area contributed by atoms with Crippen LogP contribution in [0, 0.1) is 5.92 Å². The van der Waals surface area contributed by atoms with E-state index in [0.717, 1.165) is 5.75 Å². The maximum Gasteiger partial charge on any atom is 0.200 e. The molecule has 0 aliphatic heterocycles. The van der Waals surface area contributed by atoms with E-state index in [1.165, 1.54) is 20.3 Å². The fourth-order valence-corrected chi connectivity index (χ4v) is 2.26. The predicted octanol–water partition coefficient (Wildman–Crippen LogP) is 4.34. The first-order valence-corrected chi connectivity index (χ1v) is 8.34. The van der Waals surface area contributed by atoms with Gasteiger partial charge < -0.3 is 19.3 Å². The molecule has 0 amide bonds. The van der Waals surface area contributed by atoms with Gasteiger partial charge in [0, 0.05) is 5.56 Å². The van der Waals surface area contributed by atoms with Gasteiger partial charge in [0.05, 0.1) is 20.8 Å². The fraction of sp³-hybridized carbons (Fsp3) is 0.286. The molecule has 0 saturated carbocycles. The van der Waals surface area contributed by atoms with E-state index < -0.39 is 0 Å². The Balaban J connectivity index is 2.11. The minimum atomic E-state index is -0.133. The number of rotatable bonds is 8. The van der Waals surface area contributed by atoms with Gasteiger partial charge in [0.2, 0.25) is 5.75 Å². The van der Waals surface area contributed by atoms with Gasteiger partial charge in [-0.2, -0.15) is 0 Å². The number of hydrogen-bond acceptors (Lipinski definition) is 5. The number of methoxy groups -OCH3 is 2. The quantitative estimate of drug-likeness (QED) is 0.563. The van der Waals surface area contributed by atoms with Crippen molar-refractivity contribution in [2.24, 2.45) is 5.92 Å². The Bertz CT molecular complexity index is 750. The molecule has 2 aromatic carbocycles. The molecule has 0 heterocycles. The summed E-state index contributed by atoms with van der Waals surface area (Å²) in [6, 6.07) is 10.3. The number of allylic oxidation sites excluding steroid dienone is 1. The molecule has 0 aromatic heterocycles. The van der Waals surface area contributed by atoms with Crippen LogP contribution in [-0.2, 0) is 0 Å². The van der Waals surface area contributed by atoms with Gasteiger partial charge in [0.15, 0.2) is 17.3 Å². The van der Waals surface area contributed by atoms with E-state index in [9.17, 15) is 9.90 Å². The molecule has 26 heavy (non-hydrogen) atoms. The molecule has 0 spiro atoms. The number of benzene rings is 2. The van der Waals surface area contributed by atoms with Crippen LogP contribution in [-0.4, -0.2) is 31.7 Å². The van der Waals surface area contributed by atoms with Crippen molar-refractivity contribution in [3.8, 4) is 23.0 Å². The molecule has 0 aliphatic rings. The van der Waals surface area contributed by atoms with E-state index in [1.54, 1.807) is 42.5 Å². The Morgan fingerprint density at radius 1 is 1.08 bits per heavy atom. The summed E-state index contributed by atoms with van der Waals surface area (Å²) in [4.78, 5) is 12.3. The van der Waals surface area contributed by atoms with Crippen molar-refractivity contribution in [2.75, 3.05) is 20.8 Å². The fourth-order valence-electron chi connectivity index (χ4n) is 2.26. The summed E-state index contributed by atoms with van der Waals surface area (Å²) in [5.41, 5.74) is 1.25. The third kappa shape index (κ3) is 5.02. The Labute approximate surface area is 153 Å². The summed E-state index contributed by atoms with van der Waals surface area (Å²) in [6.07, 6.45) is 3.12. The molecule has 5 nitrogen and oxygen atoms in total. The second kappa shape index (κ2) is 8.94. The van der Waals surface area contributed by atoms with Crippen LogP contribution in [0.5, 0.6) is 23.0 Å². The molecule has 138 valence electrons. The number of aromatic hydroxyl groups is 1. The first-order chi connectivity index (χ1) is 12.4. The van der Waals surface area contributed by atoms with E-state index in [-0.39, 0.29) is 23.0 Å². The van der Waals surface area contributed by atoms with Crippen molar-refractivity contribution in [3.63, 3.8) is 0 Å². The monoisotopic (exact) mass is 356 g/mol. The summed E-state index contributed by atoms with van der Waals surface area (Å²) in [7, 11) is 2.91. The standard InChI is InChI=1S/C21H24O5/c1-14(2)13-26-17-8-6-16(7-9-17)18(22)10-5-15-11-19(24-3)21(23)20(12-15)25-4/h5-12,14,23H,13H2,1-4H3. The smallest absolute Gasteiger partial charge is 0.200 e. The molecule has 0 bridgehead atoms. The van der Waals surface area contributed by atoms with Crippen molar-refractivity contribution in [3.05, 3.63) is 53.6 Å². The third-order valence-corrected chi connectivity index (χ3v) is 3.65. The Hall–Kier alpha value is -2.95. The first kappa shape index (κ1) is 19.4. The number of phenolic OH excluding ortho intramolecular Hbond substituents is 1. The molecule has 0 saturated heterocycles. The SMILES string of the molecule is COc1cc(C=CC(=O)c2ccc(OCC(C)C)cc2)cc(OC)c1O. The van der Waals surface area contributed by atoms with Crippen molar-refractivity contribution in [1.82, 2.24) is 0 Å². The van der Waals surface area contributed by atoms with Crippen molar-refractivity contribution >= 4 is 11.9 Å². The van der Waals surface area contributed by atoms with E-state index in [0.29, 0.717) is 23.7 Å². The normalized spacial score (nSPS) is 11.0. The number of ketones is 1. The van der Waals surface area contributed by atoms with Gasteiger partial charge in [-0.15, -0.1) is 0 Å². The highest BCUT2D eigenvalue weighted by Crippen LogP contribution is 2.37. The maximum absolute atomic E-state index is 12.3. The molecule has 0 fully saturated rings. The number of carbonyl (C=O) groups excluding carboxylic acids is 1. The molecule has 5 heteroatoms. The van der Waals surface area contributed by atoms with Gasteiger partial charge in [0.25, 0.3) is 0 Å². The zero-order valence-corrected chi connectivity index (χ0v) is 15.5. The van der Waals surface area contributed by atoms with E-state index in [4.69, 9.17) is 14.2 Å². The van der Waals surface area contributed by atoms with Crippen LogP contribution in [0.15, 0.2) is 42.5 Å². The van der Waals surface area contributed by atoms with E-state index >= 15 is 0 Å². The first-order valence-electron chi connectivity index (χ1n) is 8.34. The van der Waals surface area contributed by atoms with Crippen LogP contribution in [0.4, 0.5) is 0 Å². The Morgan fingerprint density at radius 2 is 1.65 bits per heavy atom. The zero-order chi connectivity index (χ0) is 19.1. The molecular weight excluding hydrogens is 332 g/mol. The molecule has 1 N–H and O–H groups in total. The van der Waals surface area contributed by atoms with Crippen molar-refractivity contribution in [2.45, 2.75) is 13.8 Å². The minimum absolute atomic E-state index is 0.0736. The van der Waals surface area contributed by atoms with Crippen LogP contribution in [0.25, 0.3) is 6.08 Å². The predicted molar refractivity (Wildman–Crippen MR) is 101 cm³/mol. The van der Waals surface area contributed by atoms with Gasteiger partial charge in [0.1, 0.15) is 5.75 Å². The van der Waals surface area contributed by atoms with Crippen LogP contribution < -0.4 is 14.2 Å². The topological polar surface area (TPSA) is 65.0 Å². The lowest BCUT2D eigenvalue weighted by Crippen LogP contribution is -2.04. The highest BCUT2D eigenvalue weighted by Gasteiger charge is 2.10. The number of hydrogen-bond donors (Lipinski definition) is 1. The average molecular weight is 356 g/mol. The van der Waals surface area contributed by atoms with E-state index in [2.05, 4.69) is 13.8 Å². The maximum atomic E-state index is 12.3. The highest BCUT2D eigenvalue weighted by atomic mass is 16.5. The number of carbonyl (C=O) groups is 1. The molecule has 0 radical (unpaired) electrons. The van der Waals surface area contributed by atoms with Crippen LogP contribution in [0.3, 0.4) is 0 Å². The second-order valence-electron chi connectivity index (χ2n) is 6.20. The van der Waals surface area contributed by atoms with Crippen molar-refractivity contribution < 1.29 is 24.1 Å². The van der Waals surface area contributed by atoms with E-state index in [1.807, 2.05) is 0 Å². The number of ether oxygens (including phenoxy) is 3. The molecule has 2 aromatic rings. The average Bonchev–Trinajstić information content (AvgIpc) is 2.65. The molecule has 0 unspecified atom stereocenters. The van der Waals surface area contributed by atoms with Gasteiger partial charge in [-0.05, 0) is 54.0 Å². The minimum Gasteiger partial charge on any atom is -0.502 e. The Kier molecular flexibility index (Phi) is 6.67. The van der Waals surface area contributed by atoms with Crippen molar-refractivity contribution in [1.29, 1.82) is 0 Å². The summed E-state index contributed by atoms with van der Waals surface area (Å²) < 4.78 is 15.8. The largest absolute Gasteiger partial charge is 0.502 e. The van der Waals surface area contributed by atoms with Crippen LogP contribution in [0.2, 0.25) is 0 Å². The lowest BCUT2D eigenvalue weighted by atomic mass is 10.1. The summed E-state index contributed by atoms with van der Waals surface area (Å²) in [5.74, 6) is 1.54. The van der Waals surface area contributed by atoms with Gasteiger partial charge in [-0.25, -0.2) is 0 Å².